The Labute approximate surface area is 169 Å². The lowest BCUT2D eigenvalue weighted by Gasteiger charge is -2.30. The fourth-order valence-electron chi connectivity index (χ4n) is 2.76. The summed E-state index contributed by atoms with van der Waals surface area (Å²) in [4.78, 5) is 13.5. The second-order valence-corrected chi connectivity index (χ2v) is 7.53. The van der Waals surface area contributed by atoms with Crippen LogP contribution in [0.1, 0.15) is 44.8 Å². The minimum Gasteiger partial charge on any atom is -0.356 e. The zero-order chi connectivity index (χ0) is 17.4. The summed E-state index contributed by atoms with van der Waals surface area (Å²) in [5.41, 5.74) is 1.10. The predicted octanol–water partition coefficient (Wildman–Crippen LogP) is 3.59. The van der Waals surface area contributed by atoms with Gasteiger partial charge in [0.15, 0.2) is 5.96 Å². The number of hydrogen-bond acceptors (Lipinski definition) is 4. The average Bonchev–Trinajstić information content (AvgIpc) is 2.86. The van der Waals surface area contributed by atoms with Crippen molar-refractivity contribution >= 4 is 41.3 Å². The average molecular weight is 467 g/mol. The Bertz CT molecular complexity index is 479. The number of aliphatic imine (C=N–C) groups is 1. The molecule has 0 saturated heterocycles. The van der Waals surface area contributed by atoms with Crippen LogP contribution in [0.25, 0.3) is 0 Å². The molecule has 7 heteroatoms. The minimum atomic E-state index is 0. The first-order chi connectivity index (χ1) is 10.8. The molecule has 1 aromatic heterocycles. The number of nitrogens with zero attached hydrogens (tertiary/aromatic N) is 4. The molecule has 0 unspecified atom stereocenters. The molecule has 0 spiro atoms. The monoisotopic (exact) mass is 467 g/mol. The quantitative estimate of drug-likeness (QED) is 0.275. The summed E-state index contributed by atoms with van der Waals surface area (Å²) in [6.45, 7) is 13.9. The maximum Gasteiger partial charge on any atom is 0.193 e. The fraction of sp³-hybridized carbons (Fsp3) is 0.765. The van der Waals surface area contributed by atoms with E-state index in [4.69, 9.17) is 0 Å². The van der Waals surface area contributed by atoms with Crippen LogP contribution in [0.2, 0.25) is 0 Å². The van der Waals surface area contributed by atoms with Gasteiger partial charge >= 0.3 is 0 Å². The standard InChI is InChI=1S/C17H33N5S.HI/c1-13(2)22(14(3)4)10-8-9-19-17(18-6)21(7)11-16-12-23-15(5)20-16;/h12-14H,8-11H2,1-7H3,(H,18,19);1H. The fourth-order valence-corrected chi connectivity index (χ4v) is 3.36. The lowest BCUT2D eigenvalue weighted by Crippen LogP contribution is -2.41. The highest BCUT2D eigenvalue weighted by atomic mass is 127. The maximum atomic E-state index is 4.51. The largest absolute Gasteiger partial charge is 0.356 e. The molecular formula is C17H34IN5S. The van der Waals surface area contributed by atoms with Gasteiger partial charge in [0.05, 0.1) is 17.2 Å². The summed E-state index contributed by atoms with van der Waals surface area (Å²) in [7, 11) is 3.89. The van der Waals surface area contributed by atoms with Crippen LogP contribution in [0.5, 0.6) is 0 Å². The van der Waals surface area contributed by atoms with E-state index in [1.807, 2.05) is 14.0 Å². The van der Waals surface area contributed by atoms with Crippen molar-refractivity contribution in [2.45, 2.75) is 59.7 Å². The predicted molar refractivity (Wildman–Crippen MR) is 117 cm³/mol. The molecule has 0 amide bonds. The Morgan fingerprint density at radius 2 is 1.92 bits per heavy atom. The van der Waals surface area contributed by atoms with Crippen LogP contribution >= 0.6 is 35.3 Å². The first-order valence-corrected chi connectivity index (χ1v) is 9.31. The van der Waals surface area contributed by atoms with Crippen molar-refractivity contribution in [1.29, 1.82) is 0 Å². The van der Waals surface area contributed by atoms with Crippen molar-refractivity contribution in [3.63, 3.8) is 0 Å². The summed E-state index contributed by atoms with van der Waals surface area (Å²) in [5.74, 6) is 0.927. The molecule has 5 nitrogen and oxygen atoms in total. The minimum absolute atomic E-state index is 0. The third-order valence-electron chi connectivity index (χ3n) is 3.84. The molecule has 1 N–H and O–H groups in total. The summed E-state index contributed by atoms with van der Waals surface area (Å²) in [6.07, 6.45) is 1.11. The number of nitrogens with one attached hydrogen (secondary N) is 1. The third kappa shape index (κ3) is 8.11. The number of halogens is 1. The van der Waals surface area contributed by atoms with E-state index in [2.05, 4.69) is 65.2 Å². The van der Waals surface area contributed by atoms with E-state index in [1.165, 1.54) is 0 Å². The van der Waals surface area contributed by atoms with E-state index >= 15 is 0 Å². The molecule has 0 radical (unpaired) electrons. The first-order valence-electron chi connectivity index (χ1n) is 8.43. The van der Waals surface area contributed by atoms with E-state index in [0.717, 1.165) is 42.7 Å². The molecule has 0 fully saturated rings. The van der Waals surface area contributed by atoms with Crippen molar-refractivity contribution in [3.8, 4) is 0 Å². The molecule has 0 atom stereocenters. The summed E-state index contributed by atoms with van der Waals surface area (Å²) in [6, 6.07) is 1.18. The maximum absolute atomic E-state index is 4.51. The zero-order valence-electron chi connectivity index (χ0n) is 16.2. The first kappa shape index (κ1) is 23.6. The Morgan fingerprint density at radius 1 is 1.29 bits per heavy atom. The van der Waals surface area contributed by atoms with Crippen molar-refractivity contribution in [3.05, 3.63) is 16.1 Å². The highest BCUT2D eigenvalue weighted by molar-refractivity contribution is 14.0. The van der Waals surface area contributed by atoms with Gasteiger partial charge in [-0.25, -0.2) is 4.98 Å². The van der Waals surface area contributed by atoms with Crippen LogP contribution in [-0.4, -0.2) is 60.0 Å². The molecule has 1 heterocycles. The van der Waals surface area contributed by atoms with Gasteiger partial charge in [-0.3, -0.25) is 9.89 Å². The number of aromatic nitrogens is 1. The summed E-state index contributed by atoms with van der Waals surface area (Å²) in [5, 5.41) is 6.68. The second-order valence-electron chi connectivity index (χ2n) is 6.47. The Kier molecular flexibility index (Phi) is 11.8. The number of guanidine groups is 1. The Hall–Kier alpha value is -0.410. The lowest BCUT2D eigenvalue weighted by molar-refractivity contribution is 0.173. The number of rotatable bonds is 8. The molecule has 0 aliphatic rings. The number of aryl methyl sites for hydroxylation is 1. The normalized spacial score (nSPS) is 12.0. The van der Waals surface area contributed by atoms with E-state index in [1.54, 1.807) is 11.3 Å². The number of thiazole rings is 1. The molecular weight excluding hydrogens is 433 g/mol. The molecule has 24 heavy (non-hydrogen) atoms. The van der Waals surface area contributed by atoms with Crippen LogP contribution in [0.3, 0.4) is 0 Å². The van der Waals surface area contributed by atoms with E-state index in [0.29, 0.717) is 12.1 Å². The Morgan fingerprint density at radius 3 is 2.38 bits per heavy atom. The SMILES string of the molecule is CN=C(NCCCN(C(C)C)C(C)C)N(C)Cc1csc(C)n1.I. The third-order valence-corrected chi connectivity index (χ3v) is 4.66. The van der Waals surface area contributed by atoms with Crippen LogP contribution in [-0.2, 0) is 6.54 Å². The number of hydrogen-bond donors (Lipinski definition) is 1. The van der Waals surface area contributed by atoms with Crippen molar-refractivity contribution in [2.75, 3.05) is 27.2 Å². The summed E-state index contributed by atoms with van der Waals surface area (Å²) < 4.78 is 0. The molecule has 0 aliphatic heterocycles. The molecule has 0 aromatic carbocycles. The lowest BCUT2D eigenvalue weighted by atomic mass is 10.2. The highest BCUT2D eigenvalue weighted by Gasteiger charge is 2.13. The molecule has 0 bridgehead atoms. The van der Waals surface area contributed by atoms with Crippen molar-refractivity contribution < 1.29 is 0 Å². The molecule has 0 saturated carbocycles. The van der Waals surface area contributed by atoms with Gasteiger partial charge in [-0.15, -0.1) is 35.3 Å². The van der Waals surface area contributed by atoms with Gasteiger partial charge in [-0.2, -0.15) is 0 Å². The van der Waals surface area contributed by atoms with E-state index in [9.17, 15) is 0 Å². The van der Waals surface area contributed by atoms with Gasteiger partial charge in [-0.1, -0.05) is 0 Å². The van der Waals surface area contributed by atoms with Gasteiger partial charge in [0.2, 0.25) is 0 Å². The topological polar surface area (TPSA) is 43.8 Å². The van der Waals surface area contributed by atoms with Crippen LogP contribution in [0.15, 0.2) is 10.4 Å². The van der Waals surface area contributed by atoms with Crippen LogP contribution in [0.4, 0.5) is 0 Å². The van der Waals surface area contributed by atoms with Gasteiger partial charge in [0, 0.05) is 44.6 Å². The van der Waals surface area contributed by atoms with Crippen molar-refractivity contribution in [2.24, 2.45) is 4.99 Å². The van der Waals surface area contributed by atoms with Gasteiger partial charge in [0.1, 0.15) is 0 Å². The molecule has 1 aromatic rings. The zero-order valence-corrected chi connectivity index (χ0v) is 19.3. The smallest absolute Gasteiger partial charge is 0.193 e. The molecule has 1 rings (SSSR count). The Balaban J connectivity index is 0.00000529. The van der Waals surface area contributed by atoms with Crippen LogP contribution in [0, 0.1) is 6.92 Å². The van der Waals surface area contributed by atoms with Gasteiger partial charge in [0.25, 0.3) is 0 Å². The van der Waals surface area contributed by atoms with E-state index in [-0.39, 0.29) is 24.0 Å². The molecule has 140 valence electrons. The highest BCUT2D eigenvalue weighted by Crippen LogP contribution is 2.10. The molecule has 0 aliphatic carbocycles. The summed E-state index contributed by atoms with van der Waals surface area (Å²) >= 11 is 1.69. The van der Waals surface area contributed by atoms with Crippen molar-refractivity contribution in [1.82, 2.24) is 20.1 Å². The second kappa shape index (κ2) is 12.0. The van der Waals surface area contributed by atoms with E-state index < -0.39 is 0 Å². The van der Waals surface area contributed by atoms with Gasteiger partial charge in [-0.05, 0) is 41.0 Å². The van der Waals surface area contributed by atoms with Crippen LogP contribution < -0.4 is 5.32 Å². The van der Waals surface area contributed by atoms with Gasteiger partial charge < -0.3 is 10.2 Å².